The average molecular weight is 374 g/mol. The second kappa shape index (κ2) is 9.81. The van der Waals surface area contributed by atoms with E-state index in [-0.39, 0.29) is 18.4 Å². The third-order valence-electron chi connectivity index (χ3n) is 5.53. The fourth-order valence-corrected chi connectivity index (χ4v) is 4.13. The average Bonchev–Trinajstić information content (AvgIpc) is 2.60. The molecule has 1 aromatic rings. The molecule has 1 atom stereocenters. The van der Waals surface area contributed by atoms with Crippen molar-refractivity contribution < 1.29 is 8.78 Å². The number of halogens is 3. The van der Waals surface area contributed by atoms with Crippen molar-refractivity contribution in [2.45, 2.75) is 32.2 Å². The molecular formula is C19H30ClF2N3. The van der Waals surface area contributed by atoms with E-state index in [1.165, 1.54) is 25.5 Å². The molecule has 2 aliphatic heterocycles. The molecule has 2 heterocycles. The van der Waals surface area contributed by atoms with Crippen molar-refractivity contribution in [3.05, 3.63) is 35.4 Å². The number of nitrogens with zero attached hydrogens (tertiary/aromatic N) is 2. The summed E-state index contributed by atoms with van der Waals surface area (Å²) in [6.07, 6.45) is 3.40. The highest BCUT2D eigenvalue weighted by atomic mass is 35.5. The first-order valence-electron chi connectivity index (χ1n) is 9.29. The molecule has 6 heteroatoms. The van der Waals surface area contributed by atoms with Crippen molar-refractivity contribution in [1.82, 2.24) is 15.1 Å². The lowest BCUT2D eigenvalue weighted by Gasteiger charge is -2.40. The van der Waals surface area contributed by atoms with Gasteiger partial charge in [0.05, 0.1) is 0 Å². The topological polar surface area (TPSA) is 18.5 Å². The molecular weight excluding hydrogens is 344 g/mol. The van der Waals surface area contributed by atoms with Crippen LogP contribution >= 0.6 is 12.4 Å². The molecule has 2 saturated heterocycles. The van der Waals surface area contributed by atoms with Gasteiger partial charge in [-0.2, -0.15) is 0 Å². The summed E-state index contributed by atoms with van der Waals surface area (Å²) in [4.78, 5) is 4.91. The summed E-state index contributed by atoms with van der Waals surface area (Å²) < 4.78 is 27.3. The summed E-state index contributed by atoms with van der Waals surface area (Å²) >= 11 is 0. The molecule has 0 amide bonds. The lowest BCUT2D eigenvalue weighted by Crippen LogP contribution is -2.49. The Bertz CT molecular complexity index is 529. The number of piperidine rings is 1. The molecule has 1 unspecified atom stereocenters. The Labute approximate surface area is 156 Å². The molecule has 1 aromatic carbocycles. The fraction of sp³-hybridized carbons (Fsp3) is 0.684. The van der Waals surface area contributed by atoms with E-state index in [4.69, 9.17) is 0 Å². The highest BCUT2D eigenvalue weighted by Crippen LogP contribution is 2.28. The quantitative estimate of drug-likeness (QED) is 0.852. The molecule has 1 N–H and O–H groups in total. The molecule has 0 bridgehead atoms. The molecule has 2 aliphatic rings. The smallest absolute Gasteiger partial charge is 0.130 e. The fourth-order valence-electron chi connectivity index (χ4n) is 4.13. The summed E-state index contributed by atoms with van der Waals surface area (Å²) in [5.41, 5.74) is 0.630. The maximum absolute atomic E-state index is 14.1. The molecule has 2 fully saturated rings. The molecule has 3 rings (SSSR count). The second-order valence-electron chi connectivity index (χ2n) is 7.12. The van der Waals surface area contributed by atoms with Crippen molar-refractivity contribution >= 4 is 12.4 Å². The van der Waals surface area contributed by atoms with Crippen LogP contribution in [0.25, 0.3) is 0 Å². The molecule has 0 saturated carbocycles. The van der Waals surface area contributed by atoms with E-state index in [2.05, 4.69) is 22.0 Å². The van der Waals surface area contributed by atoms with Gasteiger partial charge in [-0.15, -0.1) is 12.4 Å². The van der Waals surface area contributed by atoms with Crippen LogP contribution in [-0.4, -0.2) is 55.6 Å². The second-order valence-corrected chi connectivity index (χ2v) is 7.12. The summed E-state index contributed by atoms with van der Waals surface area (Å²) in [5, 5.41) is 3.42. The van der Waals surface area contributed by atoms with Crippen LogP contribution in [0.3, 0.4) is 0 Å². The first kappa shape index (κ1) is 20.6. The van der Waals surface area contributed by atoms with E-state index in [9.17, 15) is 8.78 Å². The van der Waals surface area contributed by atoms with Gasteiger partial charge >= 0.3 is 0 Å². The zero-order valence-electron chi connectivity index (χ0n) is 15.0. The Balaban J connectivity index is 0.00000225. The van der Waals surface area contributed by atoms with Gasteiger partial charge in [-0.05, 0) is 44.3 Å². The summed E-state index contributed by atoms with van der Waals surface area (Å²) in [7, 11) is 0. The van der Waals surface area contributed by atoms with Crippen LogP contribution in [0.4, 0.5) is 8.78 Å². The van der Waals surface area contributed by atoms with Crippen molar-refractivity contribution in [2.24, 2.45) is 5.92 Å². The van der Waals surface area contributed by atoms with E-state index < -0.39 is 11.6 Å². The maximum atomic E-state index is 14.1. The lowest BCUT2D eigenvalue weighted by atomic mass is 9.97. The van der Waals surface area contributed by atoms with Crippen molar-refractivity contribution in [1.29, 1.82) is 0 Å². The van der Waals surface area contributed by atoms with Crippen molar-refractivity contribution in [3.63, 3.8) is 0 Å². The largest absolute Gasteiger partial charge is 0.317 e. The monoisotopic (exact) mass is 373 g/mol. The van der Waals surface area contributed by atoms with Gasteiger partial charge in [0.15, 0.2) is 0 Å². The lowest BCUT2D eigenvalue weighted by molar-refractivity contribution is 0.0786. The third kappa shape index (κ3) is 5.36. The van der Waals surface area contributed by atoms with E-state index in [0.717, 1.165) is 57.7 Å². The van der Waals surface area contributed by atoms with Crippen LogP contribution in [0.5, 0.6) is 0 Å². The number of benzene rings is 1. The van der Waals surface area contributed by atoms with Crippen LogP contribution in [0.1, 0.15) is 37.8 Å². The number of nitrogens with one attached hydrogen (secondary N) is 1. The first-order chi connectivity index (χ1) is 11.7. The van der Waals surface area contributed by atoms with E-state index in [1.54, 1.807) is 6.07 Å². The number of piperazine rings is 1. The summed E-state index contributed by atoms with van der Waals surface area (Å²) in [6.45, 7) is 9.57. The zero-order valence-corrected chi connectivity index (χ0v) is 15.8. The van der Waals surface area contributed by atoms with Gasteiger partial charge in [0.2, 0.25) is 0 Å². The van der Waals surface area contributed by atoms with Gasteiger partial charge in [0, 0.05) is 50.4 Å². The normalized spacial score (nSPS) is 21.7. The Morgan fingerprint density at radius 3 is 2.40 bits per heavy atom. The predicted octanol–water partition coefficient (Wildman–Crippen LogP) is 3.45. The van der Waals surface area contributed by atoms with Crippen LogP contribution in [0.2, 0.25) is 0 Å². The first-order valence-corrected chi connectivity index (χ1v) is 9.29. The van der Waals surface area contributed by atoms with E-state index in [0.29, 0.717) is 5.56 Å². The molecule has 3 nitrogen and oxygen atoms in total. The van der Waals surface area contributed by atoms with Gasteiger partial charge < -0.3 is 10.2 Å². The minimum absolute atomic E-state index is 0. The highest BCUT2D eigenvalue weighted by molar-refractivity contribution is 5.85. The highest BCUT2D eigenvalue weighted by Gasteiger charge is 2.27. The zero-order chi connectivity index (χ0) is 16.9. The molecule has 0 aromatic heterocycles. The van der Waals surface area contributed by atoms with Crippen LogP contribution in [-0.2, 0) is 0 Å². The van der Waals surface area contributed by atoms with Crippen molar-refractivity contribution in [2.75, 3.05) is 45.8 Å². The van der Waals surface area contributed by atoms with Crippen molar-refractivity contribution in [3.8, 4) is 0 Å². The molecule has 0 aliphatic carbocycles. The summed E-state index contributed by atoms with van der Waals surface area (Å²) in [5.74, 6) is -0.105. The van der Waals surface area contributed by atoms with Gasteiger partial charge in [0.1, 0.15) is 11.6 Å². The molecule has 142 valence electrons. The SMILES string of the molecule is CCC(c1ccc(F)cc1F)N1CCN(CC2CCNCC2)CC1.Cl. The molecule has 25 heavy (non-hydrogen) atoms. The van der Waals surface area contributed by atoms with Crippen LogP contribution in [0.15, 0.2) is 18.2 Å². The van der Waals surface area contributed by atoms with Gasteiger partial charge in [-0.25, -0.2) is 8.78 Å². The number of hydrogen-bond donors (Lipinski definition) is 1. The Hall–Kier alpha value is -0.750. The minimum Gasteiger partial charge on any atom is -0.317 e. The molecule has 0 radical (unpaired) electrons. The Morgan fingerprint density at radius 2 is 1.80 bits per heavy atom. The predicted molar refractivity (Wildman–Crippen MR) is 100 cm³/mol. The number of hydrogen-bond acceptors (Lipinski definition) is 3. The minimum atomic E-state index is -0.502. The van der Waals surface area contributed by atoms with Gasteiger partial charge in [-0.1, -0.05) is 13.0 Å². The van der Waals surface area contributed by atoms with Gasteiger partial charge in [0.25, 0.3) is 0 Å². The molecule has 0 spiro atoms. The van der Waals surface area contributed by atoms with Gasteiger partial charge in [-0.3, -0.25) is 4.90 Å². The Kier molecular flexibility index (Phi) is 8.07. The standard InChI is InChI=1S/C19H29F2N3.ClH/c1-2-19(17-4-3-16(20)13-18(17)21)24-11-9-23(10-12-24)14-15-5-7-22-8-6-15;/h3-4,13,15,19,22H,2,5-12,14H2,1H3;1H. The van der Waals surface area contributed by atoms with E-state index >= 15 is 0 Å². The van der Waals surface area contributed by atoms with Crippen LogP contribution < -0.4 is 5.32 Å². The number of rotatable bonds is 5. The Morgan fingerprint density at radius 1 is 1.12 bits per heavy atom. The van der Waals surface area contributed by atoms with E-state index in [1.807, 2.05) is 0 Å². The maximum Gasteiger partial charge on any atom is 0.130 e. The van der Waals surface area contributed by atoms with Crippen LogP contribution in [0, 0.1) is 17.6 Å². The third-order valence-corrected chi connectivity index (χ3v) is 5.53. The summed E-state index contributed by atoms with van der Waals surface area (Å²) in [6, 6.07) is 4.03.